The van der Waals surface area contributed by atoms with Gasteiger partial charge in [-0.15, -0.1) is 0 Å². The van der Waals surface area contributed by atoms with Crippen molar-refractivity contribution in [2.24, 2.45) is 67.0 Å². The van der Waals surface area contributed by atoms with E-state index >= 15 is 0 Å². The number of fused-ring (bicyclic) bond motifs is 3. The molecule has 304 valence electrons. The minimum atomic E-state index is -1.37. The summed E-state index contributed by atoms with van der Waals surface area (Å²) in [5.74, 6) is 1.60. The smallest absolute Gasteiger partial charge is 0.310 e. The van der Waals surface area contributed by atoms with Gasteiger partial charge < -0.3 is 23.5 Å². The Morgan fingerprint density at radius 2 is 1.72 bits per heavy atom. The van der Waals surface area contributed by atoms with E-state index in [1.54, 1.807) is 5.57 Å². The number of methoxy groups -OCH3 is 1. The first-order valence-corrected chi connectivity index (χ1v) is 22.3. The zero-order valence-electron chi connectivity index (χ0n) is 36.4. The fourth-order valence-electron chi connectivity index (χ4n) is 12.6. The summed E-state index contributed by atoms with van der Waals surface area (Å²) in [6, 6.07) is 0. The van der Waals surface area contributed by atoms with Crippen molar-refractivity contribution in [1.29, 1.82) is 0 Å². The minimum Gasteiger partial charge on any atom is -0.591 e. The number of unbranched alkanes of at least 4 members (excludes halogenated alkanes) is 1. The average Bonchev–Trinajstić information content (AvgIpc) is 3.07. The lowest BCUT2D eigenvalue weighted by atomic mass is 9.34. The van der Waals surface area contributed by atoms with Gasteiger partial charge in [0, 0.05) is 17.9 Å². The molecule has 53 heavy (non-hydrogen) atoms. The van der Waals surface area contributed by atoms with Gasteiger partial charge in [0.05, 0.1) is 49.8 Å². The van der Waals surface area contributed by atoms with Gasteiger partial charge in [0.2, 0.25) is 0 Å². The molecular formula is C45H77NO6S. The molecule has 4 fully saturated rings. The molecule has 0 spiro atoms. The van der Waals surface area contributed by atoms with Crippen molar-refractivity contribution in [2.45, 2.75) is 171 Å². The Hall–Kier alpha value is -0.930. The summed E-state index contributed by atoms with van der Waals surface area (Å²) in [4.78, 5) is 14.5. The Morgan fingerprint density at radius 1 is 1.04 bits per heavy atom. The fraction of sp³-hybridized carbons (Fsp3) is 0.911. The summed E-state index contributed by atoms with van der Waals surface area (Å²) < 4.78 is 44.1. The van der Waals surface area contributed by atoms with Gasteiger partial charge >= 0.3 is 5.97 Å². The third-order valence-electron chi connectivity index (χ3n) is 16.2. The van der Waals surface area contributed by atoms with Crippen molar-refractivity contribution in [3.05, 3.63) is 11.6 Å². The van der Waals surface area contributed by atoms with Crippen molar-refractivity contribution in [3.8, 4) is 0 Å². The van der Waals surface area contributed by atoms with Gasteiger partial charge in [-0.3, -0.25) is 4.79 Å². The molecule has 1 heterocycles. The summed E-state index contributed by atoms with van der Waals surface area (Å²) in [6.45, 7) is 33.0. The van der Waals surface area contributed by atoms with Gasteiger partial charge in [0.25, 0.3) is 0 Å². The van der Waals surface area contributed by atoms with Crippen LogP contribution in [0.4, 0.5) is 0 Å². The number of carbonyl (C=O) groups excluding carboxylic acids is 1. The standard InChI is InChI=1S/C45H77NO6S/c1-16-17-24-51-39(47)37-41(11,30(6)28(2)3)22-23-43(13)32-18-19-35-42(12)26-50-27-45(35,33(32)20-21-44(37,43)14)25-34(49-15)38(42)52-31(7)36(29(4)5)46-53(48)40(8,9)10/h20,28-32,34-35,37-38H,16-19,21-27H2,1-15H3/b46-36+/t30-,31?,32+,34-,35+,37-,38+,41-,42+,43-,44+,45+,53?/m1/s1. The molecule has 7 nitrogen and oxygen atoms in total. The highest BCUT2D eigenvalue weighted by Crippen LogP contribution is 2.75. The van der Waals surface area contributed by atoms with Gasteiger partial charge in [0.15, 0.2) is 0 Å². The van der Waals surface area contributed by atoms with Gasteiger partial charge in [-0.05, 0) is 118 Å². The molecule has 13 atom stereocenters. The van der Waals surface area contributed by atoms with Crippen LogP contribution in [0.2, 0.25) is 0 Å². The van der Waals surface area contributed by atoms with E-state index in [1.807, 2.05) is 27.9 Å². The lowest BCUT2D eigenvalue weighted by Gasteiger charge is -2.71. The van der Waals surface area contributed by atoms with Crippen LogP contribution in [-0.2, 0) is 35.1 Å². The molecule has 0 aromatic rings. The van der Waals surface area contributed by atoms with E-state index in [4.69, 9.17) is 23.3 Å². The number of hydrogen-bond acceptors (Lipinski definition) is 7. The molecule has 0 aromatic carbocycles. The summed E-state index contributed by atoms with van der Waals surface area (Å²) in [5.41, 5.74) is 1.59. The number of nitrogens with zero attached hydrogens (tertiary/aromatic N) is 1. The Kier molecular flexibility index (Phi) is 12.6. The second kappa shape index (κ2) is 15.4. The molecular weight excluding hydrogens is 683 g/mol. The van der Waals surface area contributed by atoms with E-state index < -0.39 is 16.1 Å². The first-order valence-electron chi connectivity index (χ1n) is 21.2. The summed E-state index contributed by atoms with van der Waals surface area (Å²) in [7, 11) is 1.84. The highest BCUT2D eigenvalue weighted by atomic mass is 32.2. The third kappa shape index (κ3) is 7.05. The van der Waals surface area contributed by atoms with Crippen LogP contribution >= 0.6 is 0 Å². The molecule has 0 aromatic heterocycles. The Balaban J connectivity index is 1.53. The predicted octanol–water partition coefficient (Wildman–Crippen LogP) is 10.2. The molecule has 1 aliphatic heterocycles. The van der Waals surface area contributed by atoms with Crippen LogP contribution in [0.25, 0.3) is 0 Å². The predicted molar refractivity (Wildman–Crippen MR) is 217 cm³/mol. The van der Waals surface area contributed by atoms with Crippen molar-refractivity contribution in [3.63, 3.8) is 0 Å². The maximum absolute atomic E-state index is 14.5. The van der Waals surface area contributed by atoms with Crippen LogP contribution in [0, 0.1) is 62.6 Å². The van der Waals surface area contributed by atoms with Crippen molar-refractivity contribution in [2.75, 3.05) is 26.9 Å². The Morgan fingerprint density at radius 3 is 2.30 bits per heavy atom. The van der Waals surface area contributed by atoms with E-state index in [1.165, 1.54) is 0 Å². The van der Waals surface area contributed by atoms with Crippen LogP contribution in [-0.4, -0.2) is 66.2 Å². The van der Waals surface area contributed by atoms with Crippen molar-refractivity contribution < 1.29 is 28.3 Å². The molecule has 1 saturated heterocycles. The number of hydrogen-bond donors (Lipinski definition) is 0. The summed E-state index contributed by atoms with van der Waals surface area (Å²) in [5, 5.41) is 0. The van der Waals surface area contributed by atoms with Crippen LogP contribution < -0.4 is 0 Å². The van der Waals surface area contributed by atoms with E-state index in [0.29, 0.717) is 43.5 Å². The van der Waals surface area contributed by atoms with Crippen LogP contribution in [0.5, 0.6) is 0 Å². The topological polar surface area (TPSA) is 89.4 Å². The number of carbonyl (C=O) groups is 1. The summed E-state index contributed by atoms with van der Waals surface area (Å²) in [6.07, 6.45) is 9.98. The highest BCUT2D eigenvalue weighted by molar-refractivity contribution is 7.91. The lowest BCUT2D eigenvalue weighted by molar-refractivity contribution is -0.270. The molecule has 5 aliphatic rings. The van der Waals surface area contributed by atoms with Gasteiger partial charge in [-0.2, -0.15) is 0 Å². The molecule has 3 saturated carbocycles. The first-order chi connectivity index (χ1) is 24.6. The third-order valence-corrected chi connectivity index (χ3v) is 17.6. The Labute approximate surface area is 327 Å². The summed E-state index contributed by atoms with van der Waals surface area (Å²) >= 11 is -1.37. The second-order valence-corrected chi connectivity index (χ2v) is 22.6. The first kappa shape index (κ1) is 43.2. The van der Waals surface area contributed by atoms with E-state index in [-0.39, 0.29) is 63.2 Å². The molecule has 0 N–H and O–H groups in total. The SMILES string of the molecule is CCCCOC(=O)[C@@H]1[C@@](C)([C@H](C)C(C)C)CC[C@]2(C)[C@H]3CC[C@@H]4[C@@]5(COC[C@]4(C)[C@@H](OC(C)/C(=N/[S+]([O-])C(C)(C)C)C(C)C)[C@H](OC)C5)C3=CC[C@@]12C. The molecule has 8 heteroatoms. The molecule has 4 aliphatic carbocycles. The van der Waals surface area contributed by atoms with Crippen LogP contribution in [0.1, 0.15) is 148 Å². The second-order valence-electron chi connectivity index (χ2n) is 20.7. The molecule has 5 rings (SSSR count). The lowest BCUT2D eigenvalue weighted by Crippen LogP contribution is -2.70. The fourth-order valence-corrected chi connectivity index (χ4v) is 13.4. The Bertz CT molecular complexity index is 1390. The van der Waals surface area contributed by atoms with Crippen molar-refractivity contribution >= 4 is 23.0 Å². The zero-order valence-corrected chi connectivity index (χ0v) is 37.2. The van der Waals surface area contributed by atoms with Crippen LogP contribution in [0.3, 0.4) is 0 Å². The minimum absolute atomic E-state index is 0.0287. The monoisotopic (exact) mass is 760 g/mol. The van der Waals surface area contributed by atoms with Gasteiger partial charge in [0.1, 0.15) is 16.1 Å². The number of esters is 1. The van der Waals surface area contributed by atoms with E-state index in [0.717, 1.165) is 57.1 Å². The molecule has 0 radical (unpaired) electrons. The van der Waals surface area contributed by atoms with Gasteiger partial charge in [-0.1, -0.05) is 91.7 Å². The number of ether oxygens (including phenoxy) is 4. The van der Waals surface area contributed by atoms with Gasteiger partial charge in [-0.25, -0.2) is 0 Å². The average molecular weight is 760 g/mol. The highest BCUT2D eigenvalue weighted by Gasteiger charge is 2.72. The molecule has 2 bridgehead atoms. The molecule has 2 unspecified atom stereocenters. The number of allylic oxidation sites excluding steroid dienone is 1. The molecule has 0 amide bonds. The van der Waals surface area contributed by atoms with E-state index in [9.17, 15) is 9.35 Å². The van der Waals surface area contributed by atoms with Crippen LogP contribution in [0.15, 0.2) is 16.0 Å². The maximum Gasteiger partial charge on any atom is 0.310 e. The largest absolute Gasteiger partial charge is 0.591 e. The van der Waals surface area contributed by atoms with Crippen molar-refractivity contribution in [1.82, 2.24) is 0 Å². The van der Waals surface area contributed by atoms with E-state index in [2.05, 4.69) is 82.2 Å². The maximum atomic E-state index is 14.5. The quantitative estimate of drug-likeness (QED) is 0.0647. The number of rotatable bonds is 12. The normalized spacial score (nSPS) is 41.9. The zero-order chi connectivity index (χ0) is 39.5.